The molecule has 1 atom stereocenters. The van der Waals surface area contributed by atoms with Crippen LogP contribution in [0.2, 0.25) is 0 Å². The predicted molar refractivity (Wildman–Crippen MR) is 70.4 cm³/mol. The average Bonchev–Trinajstić information content (AvgIpc) is 2.40. The van der Waals surface area contributed by atoms with Gasteiger partial charge in [0.2, 0.25) is 0 Å². The minimum Gasteiger partial charge on any atom is -0.366 e. The van der Waals surface area contributed by atoms with Gasteiger partial charge in [0.25, 0.3) is 5.91 Å². The Morgan fingerprint density at radius 2 is 2.20 bits per heavy atom. The van der Waals surface area contributed by atoms with E-state index in [0.717, 1.165) is 6.07 Å². The molecule has 1 aliphatic rings. The molecule has 0 spiro atoms. The number of ether oxygens (including phenoxy) is 1. The number of carbonyl (C=O) groups excluding carboxylic acids is 1. The quantitative estimate of drug-likeness (QED) is 0.859. The second kappa shape index (κ2) is 6.11. The lowest BCUT2D eigenvalue weighted by Crippen LogP contribution is -2.45. The Balaban J connectivity index is 2.18. The number of carbonyl (C=O) groups is 1. The molecule has 2 rings (SSSR count). The van der Waals surface area contributed by atoms with E-state index >= 15 is 0 Å². The number of hydrogen-bond acceptors (Lipinski definition) is 3. The molecule has 1 amide bonds. The number of morpholine rings is 1. The Hall–Kier alpha value is -1.12. The van der Waals surface area contributed by atoms with Gasteiger partial charge in [-0.05, 0) is 18.2 Å². The van der Waals surface area contributed by atoms with E-state index in [9.17, 15) is 18.0 Å². The van der Waals surface area contributed by atoms with Crippen LogP contribution in [-0.2, 0) is 15.7 Å². The van der Waals surface area contributed by atoms with Gasteiger partial charge in [-0.2, -0.15) is 13.2 Å². The van der Waals surface area contributed by atoms with Gasteiger partial charge in [-0.25, -0.2) is 0 Å². The summed E-state index contributed by atoms with van der Waals surface area (Å²) < 4.78 is 44.2. The lowest BCUT2D eigenvalue weighted by molar-refractivity contribution is -0.137. The molecule has 1 aliphatic heterocycles. The largest absolute Gasteiger partial charge is 0.418 e. The van der Waals surface area contributed by atoms with Gasteiger partial charge in [0, 0.05) is 17.6 Å². The van der Waals surface area contributed by atoms with Crippen LogP contribution in [0.4, 0.5) is 18.9 Å². The molecule has 1 saturated heterocycles. The first kappa shape index (κ1) is 15.3. The number of halogens is 4. The predicted octanol–water partition coefficient (Wildman–Crippen LogP) is 2.39. The fourth-order valence-electron chi connectivity index (χ4n) is 1.81. The van der Waals surface area contributed by atoms with Gasteiger partial charge in [-0.3, -0.25) is 4.79 Å². The normalized spacial score (nSPS) is 19.7. The fraction of sp³-hybridized carbons (Fsp3) is 0.417. The minimum atomic E-state index is -4.54. The summed E-state index contributed by atoms with van der Waals surface area (Å²) in [6.45, 7) is 1.25. The van der Waals surface area contributed by atoms with Crippen LogP contribution in [0, 0.1) is 0 Å². The molecule has 4 nitrogen and oxygen atoms in total. The van der Waals surface area contributed by atoms with Crippen LogP contribution < -0.4 is 10.6 Å². The van der Waals surface area contributed by atoms with Crippen molar-refractivity contribution in [2.24, 2.45) is 0 Å². The zero-order chi connectivity index (χ0) is 14.8. The van der Waals surface area contributed by atoms with Crippen LogP contribution in [0.5, 0.6) is 0 Å². The van der Waals surface area contributed by atoms with Crippen LogP contribution >= 0.6 is 15.9 Å². The zero-order valence-electron chi connectivity index (χ0n) is 10.3. The van der Waals surface area contributed by atoms with E-state index in [0.29, 0.717) is 17.6 Å². The second-order valence-electron chi connectivity index (χ2n) is 4.24. The molecule has 0 aliphatic carbocycles. The molecule has 1 heterocycles. The van der Waals surface area contributed by atoms with E-state index in [-0.39, 0.29) is 12.2 Å². The molecule has 0 saturated carbocycles. The van der Waals surface area contributed by atoms with E-state index in [2.05, 4.69) is 26.6 Å². The molecule has 110 valence electrons. The highest BCUT2D eigenvalue weighted by Crippen LogP contribution is 2.36. The monoisotopic (exact) mass is 352 g/mol. The van der Waals surface area contributed by atoms with Crippen LogP contribution in [-0.4, -0.2) is 31.7 Å². The molecule has 0 bridgehead atoms. The first-order valence-corrected chi connectivity index (χ1v) is 6.67. The SMILES string of the molecule is O=C(Nc1ccc(Br)cc1C(F)(F)F)C1CNCCO1. The molecule has 1 unspecified atom stereocenters. The third kappa shape index (κ3) is 3.71. The van der Waals surface area contributed by atoms with Crippen LogP contribution in [0.1, 0.15) is 5.56 Å². The summed E-state index contributed by atoms with van der Waals surface area (Å²) in [5.41, 5.74) is -1.18. The summed E-state index contributed by atoms with van der Waals surface area (Å²) in [4.78, 5) is 11.9. The summed E-state index contributed by atoms with van der Waals surface area (Å²) in [5, 5.41) is 5.21. The number of rotatable bonds is 2. The van der Waals surface area contributed by atoms with E-state index in [1.54, 1.807) is 0 Å². The molecular formula is C12H12BrF3N2O2. The molecule has 0 radical (unpaired) electrons. The highest BCUT2D eigenvalue weighted by Gasteiger charge is 2.35. The molecule has 1 aromatic rings. The average molecular weight is 353 g/mol. The summed E-state index contributed by atoms with van der Waals surface area (Å²) in [5.74, 6) is -0.593. The number of anilines is 1. The van der Waals surface area contributed by atoms with Gasteiger partial charge < -0.3 is 15.4 Å². The van der Waals surface area contributed by atoms with Crippen molar-refractivity contribution in [3.05, 3.63) is 28.2 Å². The van der Waals surface area contributed by atoms with Crippen molar-refractivity contribution in [1.82, 2.24) is 5.32 Å². The van der Waals surface area contributed by atoms with Crippen molar-refractivity contribution in [3.8, 4) is 0 Å². The fourth-order valence-corrected chi connectivity index (χ4v) is 2.17. The molecule has 1 aromatic carbocycles. The van der Waals surface area contributed by atoms with E-state index in [1.165, 1.54) is 12.1 Å². The Kier molecular flexibility index (Phi) is 4.66. The van der Waals surface area contributed by atoms with Crippen molar-refractivity contribution in [1.29, 1.82) is 0 Å². The van der Waals surface area contributed by atoms with E-state index in [1.807, 2.05) is 0 Å². The summed E-state index contributed by atoms with van der Waals surface area (Å²) >= 11 is 2.98. The lowest BCUT2D eigenvalue weighted by atomic mass is 10.1. The Bertz CT molecular complexity index is 502. The molecular weight excluding hydrogens is 341 g/mol. The maximum atomic E-state index is 12.9. The summed E-state index contributed by atoms with van der Waals surface area (Å²) in [6.07, 6.45) is -5.33. The molecule has 20 heavy (non-hydrogen) atoms. The zero-order valence-corrected chi connectivity index (χ0v) is 11.8. The van der Waals surface area contributed by atoms with E-state index in [4.69, 9.17) is 4.74 Å². The first-order valence-electron chi connectivity index (χ1n) is 5.88. The molecule has 2 N–H and O–H groups in total. The minimum absolute atomic E-state index is 0.278. The van der Waals surface area contributed by atoms with E-state index < -0.39 is 23.8 Å². The number of nitrogens with one attached hydrogen (secondary N) is 2. The standard InChI is InChI=1S/C12H12BrF3N2O2/c13-7-1-2-9(8(5-7)12(14,15)16)18-11(19)10-6-17-3-4-20-10/h1-2,5,10,17H,3-4,6H2,(H,18,19). The number of benzene rings is 1. The molecule has 1 fully saturated rings. The second-order valence-corrected chi connectivity index (χ2v) is 5.16. The third-order valence-corrected chi connectivity index (χ3v) is 3.26. The Morgan fingerprint density at radius 3 is 2.80 bits per heavy atom. The van der Waals surface area contributed by atoms with Crippen molar-refractivity contribution < 1.29 is 22.7 Å². The van der Waals surface area contributed by atoms with Gasteiger partial charge in [0.05, 0.1) is 17.9 Å². The number of hydrogen-bond donors (Lipinski definition) is 2. The maximum Gasteiger partial charge on any atom is 0.418 e. The van der Waals surface area contributed by atoms with Crippen molar-refractivity contribution >= 4 is 27.5 Å². The van der Waals surface area contributed by atoms with Crippen LogP contribution in [0.15, 0.2) is 22.7 Å². The van der Waals surface area contributed by atoms with Gasteiger partial charge in [0.1, 0.15) is 6.10 Å². The lowest BCUT2D eigenvalue weighted by Gasteiger charge is -2.23. The summed E-state index contributed by atoms with van der Waals surface area (Å²) in [6, 6.07) is 3.57. The number of alkyl halides is 3. The summed E-state index contributed by atoms with van der Waals surface area (Å²) in [7, 11) is 0. The smallest absolute Gasteiger partial charge is 0.366 e. The maximum absolute atomic E-state index is 12.9. The Labute approximate surface area is 121 Å². The van der Waals surface area contributed by atoms with Crippen molar-refractivity contribution in [2.75, 3.05) is 25.0 Å². The van der Waals surface area contributed by atoms with Gasteiger partial charge in [-0.15, -0.1) is 0 Å². The molecule has 0 aromatic heterocycles. The Morgan fingerprint density at radius 1 is 1.45 bits per heavy atom. The van der Waals surface area contributed by atoms with Gasteiger partial charge >= 0.3 is 6.18 Å². The number of amides is 1. The highest BCUT2D eigenvalue weighted by atomic mass is 79.9. The van der Waals surface area contributed by atoms with Crippen LogP contribution in [0.3, 0.4) is 0 Å². The molecule has 8 heteroatoms. The van der Waals surface area contributed by atoms with Gasteiger partial charge in [0.15, 0.2) is 0 Å². The first-order chi connectivity index (χ1) is 9.38. The van der Waals surface area contributed by atoms with Crippen molar-refractivity contribution in [2.45, 2.75) is 12.3 Å². The topological polar surface area (TPSA) is 50.4 Å². The third-order valence-electron chi connectivity index (χ3n) is 2.76. The van der Waals surface area contributed by atoms with Gasteiger partial charge in [-0.1, -0.05) is 15.9 Å². The highest BCUT2D eigenvalue weighted by molar-refractivity contribution is 9.10. The van der Waals surface area contributed by atoms with Crippen LogP contribution in [0.25, 0.3) is 0 Å². The van der Waals surface area contributed by atoms with Crippen molar-refractivity contribution in [3.63, 3.8) is 0 Å².